The molecule has 0 radical (unpaired) electrons. The van der Waals surface area contributed by atoms with Crippen LogP contribution in [0.4, 0.5) is 0 Å². The van der Waals surface area contributed by atoms with Gasteiger partial charge >= 0.3 is 5.97 Å². The van der Waals surface area contributed by atoms with Gasteiger partial charge in [0.1, 0.15) is 5.75 Å². The second-order valence-corrected chi connectivity index (χ2v) is 9.99. The highest BCUT2D eigenvalue weighted by Crippen LogP contribution is 2.30. The van der Waals surface area contributed by atoms with E-state index in [2.05, 4.69) is 26.1 Å². The van der Waals surface area contributed by atoms with Gasteiger partial charge in [-0.3, -0.25) is 9.78 Å². The van der Waals surface area contributed by atoms with Gasteiger partial charge in [0.25, 0.3) is 0 Å². The quantitative estimate of drug-likeness (QED) is 0.316. The van der Waals surface area contributed by atoms with Crippen LogP contribution in [-0.2, 0) is 11.2 Å². The number of pyridine rings is 1. The van der Waals surface area contributed by atoms with Crippen LogP contribution in [0, 0.1) is 11.8 Å². The molecule has 0 spiro atoms. The average Bonchev–Trinajstić information content (AvgIpc) is 2.87. The van der Waals surface area contributed by atoms with E-state index in [9.17, 15) is 9.90 Å². The Bertz CT molecular complexity index is 1080. The molecule has 8 heteroatoms. The van der Waals surface area contributed by atoms with Crippen LogP contribution in [0.25, 0.3) is 10.9 Å². The van der Waals surface area contributed by atoms with Crippen molar-refractivity contribution in [1.29, 1.82) is 0 Å². The number of aryl methyl sites for hydroxylation is 1. The Hall–Kier alpha value is -2.71. The van der Waals surface area contributed by atoms with E-state index in [1.165, 1.54) is 5.56 Å². The van der Waals surface area contributed by atoms with Crippen molar-refractivity contribution in [2.75, 3.05) is 32.5 Å². The summed E-state index contributed by atoms with van der Waals surface area (Å²) in [4.78, 5) is 19.9. The number of carboxylic acid groups (broad SMARTS) is 1. The molecule has 1 fully saturated rings. The van der Waals surface area contributed by atoms with Gasteiger partial charge in [-0.15, -0.1) is 11.8 Å². The number of benzene rings is 1. The number of methoxy groups -OCH3 is 1. The molecular weight excluding hydrogens is 448 g/mol. The van der Waals surface area contributed by atoms with Crippen molar-refractivity contribution in [2.24, 2.45) is 11.8 Å². The van der Waals surface area contributed by atoms with Crippen LogP contribution in [-0.4, -0.2) is 63.7 Å². The highest BCUT2D eigenvalue weighted by Gasteiger charge is 2.33. The molecule has 1 aliphatic rings. The molecule has 4 rings (SSSR count). The summed E-state index contributed by atoms with van der Waals surface area (Å²) in [5.74, 6) is 1.10. The fraction of sp³-hybridized carbons (Fsp3) is 0.462. The SMILES string of the molecule is COc1ccc2nccc(CCC[C@@H]3CCN(CCCSc4ccnnc4)C[C@@H]3C(=O)O)c2c1. The monoisotopic (exact) mass is 480 g/mol. The van der Waals surface area contributed by atoms with Crippen molar-refractivity contribution in [3.8, 4) is 5.75 Å². The molecule has 0 amide bonds. The zero-order valence-corrected chi connectivity index (χ0v) is 20.4. The predicted octanol–water partition coefficient (Wildman–Crippen LogP) is 4.56. The molecule has 0 saturated carbocycles. The van der Waals surface area contributed by atoms with Crippen LogP contribution in [0.2, 0.25) is 0 Å². The molecule has 3 heterocycles. The minimum atomic E-state index is -0.661. The van der Waals surface area contributed by atoms with E-state index in [4.69, 9.17) is 4.74 Å². The molecule has 34 heavy (non-hydrogen) atoms. The number of thioether (sulfide) groups is 1. The summed E-state index contributed by atoms with van der Waals surface area (Å²) in [5.41, 5.74) is 2.21. The van der Waals surface area contributed by atoms with Crippen molar-refractivity contribution in [3.63, 3.8) is 0 Å². The molecule has 2 atom stereocenters. The van der Waals surface area contributed by atoms with Crippen molar-refractivity contribution < 1.29 is 14.6 Å². The summed E-state index contributed by atoms with van der Waals surface area (Å²) in [5, 5.41) is 18.7. The topological polar surface area (TPSA) is 88.4 Å². The Kier molecular flexibility index (Phi) is 8.71. The maximum Gasteiger partial charge on any atom is 0.308 e. The van der Waals surface area contributed by atoms with E-state index in [1.54, 1.807) is 31.3 Å². The fourth-order valence-electron chi connectivity index (χ4n) is 4.82. The molecule has 1 N–H and O–H groups in total. The zero-order valence-electron chi connectivity index (χ0n) is 19.6. The number of rotatable bonds is 11. The maximum absolute atomic E-state index is 12.0. The number of aromatic nitrogens is 3. The fourth-order valence-corrected chi connectivity index (χ4v) is 5.61. The third-order valence-electron chi connectivity index (χ3n) is 6.66. The van der Waals surface area contributed by atoms with Gasteiger partial charge in [-0.1, -0.05) is 0 Å². The van der Waals surface area contributed by atoms with E-state index >= 15 is 0 Å². The largest absolute Gasteiger partial charge is 0.497 e. The van der Waals surface area contributed by atoms with Crippen molar-refractivity contribution in [3.05, 3.63) is 54.5 Å². The van der Waals surface area contributed by atoms with E-state index in [1.807, 2.05) is 30.5 Å². The minimum Gasteiger partial charge on any atom is -0.497 e. The van der Waals surface area contributed by atoms with Crippen molar-refractivity contribution >= 4 is 28.6 Å². The third-order valence-corrected chi connectivity index (χ3v) is 7.73. The van der Waals surface area contributed by atoms with Crippen molar-refractivity contribution in [2.45, 2.75) is 37.0 Å². The molecular formula is C26H32N4O3S. The average molecular weight is 481 g/mol. The highest BCUT2D eigenvalue weighted by molar-refractivity contribution is 7.99. The van der Waals surface area contributed by atoms with E-state index in [0.717, 1.165) is 72.5 Å². The minimum absolute atomic E-state index is 0.230. The van der Waals surface area contributed by atoms with E-state index < -0.39 is 5.97 Å². The summed E-state index contributed by atoms with van der Waals surface area (Å²) in [6.07, 6.45) is 10.1. The Morgan fingerprint density at radius 2 is 2.12 bits per heavy atom. The molecule has 0 bridgehead atoms. The van der Waals surface area contributed by atoms with Gasteiger partial charge < -0.3 is 14.7 Å². The summed E-state index contributed by atoms with van der Waals surface area (Å²) in [6, 6.07) is 9.99. The Balaban J connectivity index is 1.26. The summed E-state index contributed by atoms with van der Waals surface area (Å²) in [6.45, 7) is 2.56. The van der Waals surface area contributed by atoms with Gasteiger partial charge in [-0.05, 0) is 92.8 Å². The molecule has 3 aromatic rings. The second kappa shape index (κ2) is 12.1. The predicted molar refractivity (Wildman–Crippen MR) is 134 cm³/mol. The number of fused-ring (bicyclic) bond motifs is 1. The number of likely N-dealkylation sites (tertiary alicyclic amines) is 1. The molecule has 1 aromatic carbocycles. The van der Waals surface area contributed by atoms with Gasteiger partial charge in [0.2, 0.25) is 0 Å². The van der Waals surface area contributed by atoms with Gasteiger partial charge in [0.15, 0.2) is 0 Å². The number of hydrogen-bond donors (Lipinski definition) is 1. The van der Waals surface area contributed by atoms with Gasteiger partial charge in [-0.2, -0.15) is 10.2 Å². The van der Waals surface area contributed by atoms with Gasteiger partial charge in [0, 0.05) is 23.0 Å². The number of carboxylic acids is 1. The molecule has 0 aliphatic carbocycles. The number of nitrogens with zero attached hydrogens (tertiary/aromatic N) is 4. The Morgan fingerprint density at radius 3 is 2.91 bits per heavy atom. The van der Waals surface area contributed by atoms with Crippen LogP contribution in [0.5, 0.6) is 5.75 Å². The molecule has 180 valence electrons. The van der Waals surface area contributed by atoms with Gasteiger partial charge in [0.05, 0.1) is 30.9 Å². The second-order valence-electron chi connectivity index (χ2n) is 8.82. The Morgan fingerprint density at radius 1 is 1.21 bits per heavy atom. The number of aliphatic carboxylic acids is 1. The number of hydrogen-bond acceptors (Lipinski definition) is 7. The van der Waals surface area contributed by atoms with Crippen LogP contribution < -0.4 is 4.74 Å². The highest BCUT2D eigenvalue weighted by atomic mass is 32.2. The smallest absolute Gasteiger partial charge is 0.308 e. The molecule has 2 aromatic heterocycles. The standard InChI is InChI=1S/C26H32N4O3S/c1-33-21-6-7-25-23(16-21)19(8-11-27-25)4-2-5-20-10-14-30(18-24(20)26(31)32)13-3-15-34-22-9-12-28-29-17-22/h6-9,11-12,16-17,20,24H,2-5,10,13-15,18H2,1H3,(H,31,32)/t20-,24+/m1/s1. The number of ether oxygens (including phenoxy) is 1. The zero-order chi connectivity index (χ0) is 23.8. The first-order valence-electron chi connectivity index (χ1n) is 11.9. The van der Waals surface area contributed by atoms with Crippen LogP contribution in [0.15, 0.2) is 53.8 Å². The Labute approximate surface area is 204 Å². The lowest BCUT2D eigenvalue weighted by atomic mass is 9.81. The van der Waals surface area contributed by atoms with E-state index in [-0.39, 0.29) is 11.8 Å². The summed E-state index contributed by atoms with van der Waals surface area (Å²) >= 11 is 1.77. The maximum atomic E-state index is 12.0. The molecule has 0 unspecified atom stereocenters. The number of carbonyl (C=O) groups is 1. The van der Waals surface area contributed by atoms with Crippen LogP contribution >= 0.6 is 11.8 Å². The lowest BCUT2D eigenvalue weighted by molar-refractivity contribution is -0.146. The molecule has 1 aliphatic heterocycles. The number of piperidine rings is 1. The lowest BCUT2D eigenvalue weighted by Crippen LogP contribution is -2.44. The third kappa shape index (κ3) is 6.45. The van der Waals surface area contributed by atoms with Crippen LogP contribution in [0.3, 0.4) is 0 Å². The summed E-state index contributed by atoms with van der Waals surface area (Å²) in [7, 11) is 1.67. The van der Waals surface area contributed by atoms with Crippen molar-refractivity contribution in [1.82, 2.24) is 20.1 Å². The lowest BCUT2D eigenvalue weighted by Gasteiger charge is -2.36. The first-order chi connectivity index (χ1) is 16.6. The normalized spacial score (nSPS) is 18.7. The first kappa shape index (κ1) is 24.4. The van der Waals surface area contributed by atoms with Crippen LogP contribution in [0.1, 0.15) is 31.2 Å². The first-order valence-corrected chi connectivity index (χ1v) is 12.9. The van der Waals surface area contributed by atoms with Gasteiger partial charge in [-0.25, -0.2) is 0 Å². The molecule has 7 nitrogen and oxygen atoms in total. The summed E-state index contributed by atoms with van der Waals surface area (Å²) < 4.78 is 5.38. The molecule has 1 saturated heterocycles. The van der Waals surface area contributed by atoms with E-state index in [0.29, 0.717) is 6.54 Å².